The highest BCUT2D eigenvalue weighted by Crippen LogP contribution is 2.16. The standard InChI is InChI=1S/C22H20FN3O5/c23-18-9-7-16(8-10-18)20-24-26(22(29)31-20)13-19(27)30-14-15-3-5-17(6-4-15)21(28)25-11-1-2-12-25/h3-10H,1-2,11-14H2. The van der Waals surface area contributed by atoms with Crippen molar-refractivity contribution in [2.24, 2.45) is 0 Å². The molecule has 1 fully saturated rings. The number of hydrogen-bond acceptors (Lipinski definition) is 6. The van der Waals surface area contributed by atoms with Crippen LogP contribution >= 0.6 is 0 Å². The van der Waals surface area contributed by atoms with Gasteiger partial charge in [-0.15, -0.1) is 5.10 Å². The lowest BCUT2D eigenvalue weighted by atomic mass is 10.1. The van der Waals surface area contributed by atoms with Crippen LogP contribution in [0.5, 0.6) is 0 Å². The number of amides is 1. The van der Waals surface area contributed by atoms with Gasteiger partial charge in [-0.05, 0) is 54.8 Å². The zero-order chi connectivity index (χ0) is 21.8. The van der Waals surface area contributed by atoms with Gasteiger partial charge in [0.25, 0.3) is 5.91 Å². The SMILES string of the molecule is O=C(Cn1nc(-c2ccc(F)cc2)oc1=O)OCc1ccc(C(=O)N2CCCC2)cc1. The van der Waals surface area contributed by atoms with Crippen molar-refractivity contribution in [3.05, 3.63) is 76.0 Å². The second kappa shape index (κ2) is 8.95. The van der Waals surface area contributed by atoms with E-state index in [2.05, 4.69) is 5.10 Å². The van der Waals surface area contributed by atoms with Gasteiger partial charge < -0.3 is 14.1 Å². The van der Waals surface area contributed by atoms with Crippen molar-refractivity contribution < 1.29 is 23.1 Å². The number of hydrogen-bond donors (Lipinski definition) is 0. The van der Waals surface area contributed by atoms with Crippen molar-refractivity contribution in [2.45, 2.75) is 26.0 Å². The molecular weight excluding hydrogens is 405 g/mol. The molecule has 0 bridgehead atoms. The molecule has 0 N–H and O–H groups in total. The molecule has 1 amide bonds. The zero-order valence-electron chi connectivity index (χ0n) is 16.6. The molecule has 0 aliphatic carbocycles. The molecule has 0 unspecified atom stereocenters. The molecule has 160 valence electrons. The van der Waals surface area contributed by atoms with Crippen LogP contribution in [0.15, 0.2) is 57.7 Å². The summed E-state index contributed by atoms with van der Waals surface area (Å²) in [5, 5.41) is 3.95. The van der Waals surface area contributed by atoms with Gasteiger partial charge in [0.15, 0.2) is 0 Å². The smallest absolute Gasteiger partial charge is 0.437 e. The van der Waals surface area contributed by atoms with E-state index in [1.54, 1.807) is 24.3 Å². The van der Waals surface area contributed by atoms with Crippen LogP contribution in [-0.4, -0.2) is 39.6 Å². The molecule has 31 heavy (non-hydrogen) atoms. The number of esters is 1. The molecule has 2 aromatic carbocycles. The molecule has 1 aromatic heterocycles. The Morgan fingerprint density at radius 2 is 1.71 bits per heavy atom. The number of nitrogens with zero attached hydrogens (tertiary/aromatic N) is 3. The largest absolute Gasteiger partial charge is 0.459 e. The monoisotopic (exact) mass is 425 g/mol. The van der Waals surface area contributed by atoms with E-state index >= 15 is 0 Å². The Hall–Kier alpha value is -3.75. The molecule has 3 aromatic rings. The number of carbonyl (C=O) groups is 2. The molecular formula is C22H20FN3O5. The Morgan fingerprint density at radius 3 is 2.39 bits per heavy atom. The number of carbonyl (C=O) groups excluding carboxylic acids is 2. The van der Waals surface area contributed by atoms with Gasteiger partial charge in [-0.2, -0.15) is 4.68 Å². The predicted octanol–water partition coefficient (Wildman–Crippen LogP) is 2.62. The van der Waals surface area contributed by atoms with Gasteiger partial charge in [-0.25, -0.2) is 9.18 Å². The predicted molar refractivity (Wildman–Crippen MR) is 108 cm³/mol. The van der Waals surface area contributed by atoms with Gasteiger partial charge in [0.1, 0.15) is 19.0 Å². The molecule has 0 atom stereocenters. The molecule has 1 saturated heterocycles. The van der Waals surface area contributed by atoms with Crippen LogP contribution < -0.4 is 5.76 Å². The van der Waals surface area contributed by atoms with Gasteiger partial charge >= 0.3 is 11.7 Å². The number of ether oxygens (including phenoxy) is 1. The Bertz CT molecular complexity index is 1130. The minimum Gasteiger partial charge on any atom is -0.459 e. The van der Waals surface area contributed by atoms with E-state index in [9.17, 15) is 18.8 Å². The van der Waals surface area contributed by atoms with Crippen molar-refractivity contribution in [3.63, 3.8) is 0 Å². The normalized spacial score (nSPS) is 13.4. The second-order valence-electron chi connectivity index (χ2n) is 7.19. The summed E-state index contributed by atoms with van der Waals surface area (Å²) in [6.07, 6.45) is 2.06. The summed E-state index contributed by atoms with van der Waals surface area (Å²) in [4.78, 5) is 38.2. The van der Waals surface area contributed by atoms with Gasteiger partial charge in [0, 0.05) is 24.2 Å². The summed E-state index contributed by atoms with van der Waals surface area (Å²) in [6.45, 7) is 1.13. The number of benzene rings is 2. The molecule has 8 nitrogen and oxygen atoms in total. The van der Waals surface area contributed by atoms with Crippen LogP contribution in [0.1, 0.15) is 28.8 Å². The lowest BCUT2D eigenvalue weighted by molar-refractivity contribution is -0.146. The average Bonchev–Trinajstić information content (AvgIpc) is 3.43. The van der Waals surface area contributed by atoms with E-state index in [-0.39, 0.29) is 18.4 Å². The molecule has 1 aliphatic heterocycles. The number of aromatic nitrogens is 2. The van der Waals surface area contributed by atoms with Gasteiger partial charge in [0.05, 0.1) is 0 Å². The van der Waals surface area contributed by atoms with Crippen molar-refractivity contribution in [1.29, 1.82) is 0 Å². The first-order valence-electron chi connectivity index (χ1n) is 9.87. The van der Waals surface area contributed by atoms with Crippen LogP contribution in [0.25, 0.3) is 11.5 Å². The maximum Gasteiger partial charge on any atom is 0.437 e. The highest BCUT2D eigenvalue weighted by molar-refractivity contribution is 5.94. The van der Waals surface area contributed by atoms with E-state index < -0.39 is 24.1 Å². The van der Waals surface area contributed by atoms with E-state index in [1.807, 2.05) is 4.90 Å². The van der Waals surface area contributed by atoms with Crippen LogP contribution in [0.2, 0.25) is 0 Å². The highest BCUT2D eigenvalue weighted by Gasteiger charge is 2.19. The van der Waals surface area contributed by atoms with Crippen molar-refractivity contribution in [1.82, 2.24) is 14.7 Å². The summed E-state index contributed by atoms with van der Waals surface area (Å²) in [7, 11) is 0. The molecule has 0 saturated carbocycles. The summed E-state index contributed by atoms with van der Waals surface area (Å²) < 4.78 is 24.1. The van der Waals surface area contributed by atoms with Crippen LogP contribution in [0.3, 0.4) is 0 Å². The summed E-state index contributed by atoms with van der Waals surface area (Å²) in [6, 6.07) is 12.1. The maximum atomic E-state index is 13.0. The molecule has 0 spiro atoms. The Kier molecular flexibility index (Phi) is 5.92. The third-order valence-corrected chi connectivity index (χ3v) is 4.97. The molecule has 4 rings (SSSR count). The second-order valence-corrected chi connectivity index (χ2v) is 7.19. The lowest BCUT2D eigenvalue weighted by Gasteiger charge is -2.15. The highest BCUT2D eigenvalue weighted by atomic mass is 19.1. The molecule has 1 aliphatic rings. The first kappa shape index (κ1) is 20.5. The quantitative estimate of drug-likeness (QED) is 0.564. The summed E-state index contributed by atoms with van der Waals surface area (Å²) in [5.74, 6) is -1.93. The fourth-order valence-electron chi connectivity index (χ4n) is 3.29. The lowest BCUT2D eigenvalue weighted by Crippen LogP contribution is -2.27. The van der Waals surface area contributed by atoms with E-state index in [1.165, 1.54) is 24.3 Å². The fourth-order valence-corrected chi connectivity index (χ4v) is 3.29. The van der Waals surface area contributed by atoms with E-state index in [0.29, 0.717) is 16.7 Å². The van der Waals surface area contributed by atoms with Crippen molar-refractivity contribution in [2.75, 3.05) is 13.1 Å². The van der Waals surface area contributed by atoms with Crippen LogP contribution in [0.4, 0.5) is 4.39 Å². The van der Waals surface area contributed by atoms with E-state index in [4.69, 9.17) is 9.15 Å². The zero-order valence-corrected chi connectivity index (χ0v) is 16.6. The van der Waals surface area contributed by atoms with Crippen LogP contribution in [-0.2, 0) is 22.7 Å². The van der Waals surface area contributed by atoms with Gasteiger partial charge in [0.2, 0.25) is 5.89 Å². The first-order chi connectivity index (χ1) is 15.0. The van der Waals surface area contributed by atoms with E-state index in [0.717, 1.165) is 30.6 Å². The Labute approximate surface area is 176 Å². The first-order valence-corrected chi connectivity index (χ1v) is 9.87. The third-order valence-electron chi connectivity index (χ3n) is 4.97. The number of halogens is 1. The average molecular weight is 425 g/mol. The minimum absolute atomic E-state index is 0.00316. The topological polar surface area (TPSA) is 94.6 Å². The third kappa shape index (κ3) is 4.88. The Balaban J connectivity index is 1.32. The van der Waals surface area contributed by atoms with Gasteiger partial charge in [-0.1, -0.05) is 12.1 Å². The fraction of sp³-hybridized carbons (Fsp3) is 0.273. The van der Waals surface area contributed by atoms with Crippen molar-refractivity contribution >= 4 is 11.9 Å². The minimum atomic E-state index is -0.818. The Morgan fingerprint density at radius 1 is 1.03 bits per heavy atom. The molecule has 2 heterocycles. The maximum absolute atomic E-state index is 13.0. The number of rotatable bonds is 6. The van der Waals surface area contributed by atoms with Crippen LogP contribution in [0, 0.1) is 5.82 Å². The number of likely N-dealkylation sites (tertiary alicyclic amines) is 1. The molecule has 0 radical (unpaired) electrons. The van der Waals surface area contributed by atoms with Gasteiger partial charge in [-0.3, -0.25) is 9.59 Å². The summed E-state index contributed by atoms with van der Waals surface area (Å²) >= 11 is 0. The van der Waals surface area contributed by atoms with Crippen molar-refractivity contribution in [3.8, 4) is 11.5 Å². The molecule has 9 heteroatoms. The summed E-state index contributed by atoms with van der Waals surface area (Å²) in [5.41, 5.74) is 1.72.